The first-order valence-electron chi connectivity index (χ1n) is 13.3. The summed E-state index contributed by atoms with van der Waals surface area (Å²) in [6.07, 6.45) is 1.44. The minimum atomic E-state index is -1.15. The van der Waals surface area contributed by atoms with Crippen LogP contribution in [0, 0.1) is 29.6 Å². The van der Waals surface area contributed by atoms with Crippen molar-refractivity contribution in [3.8, 4) is 5.75 Å². The fourth-order valence-electron chi connectivity index (χ4n) is 6.95. The summed E-state index contributed by atoms with van der Waals surface area (Å²) in [5.74, 6) is -8.20. The first kappa shape index (κ1) is 27.5. The monoisotopic (exact) mass is 554 g/mol. The molecule has 0 spiro atoms. The summed E-state index contributed by atoms with van der Waals surface area (Å²) < 4.78 is 5.78. The number of fused-ring (bicyclic) bond motifs is 4. The molecule has 12 nitrogen and oxygen atoms in total. The Morgan fingerprint density at radius 1 is 0.825 bits per heavy atom. The number of carbonyl (C=O) groups excluding carboxylic acids is 4. The number of carboxylic acids is 2. The zero-order chi connectivity index (χ0) is 28.7. The number of hydrogen-bond acceptors (Lipinski definition) is 8. The van der Waals surface area contributed by atoms with Crippen LogP contribution in [0.2, 0.25) is 0 Å². The van der Waals surface area contributed by atoms with Crippen molar-refractivity contribution in [2.45, 2.75) is 31.6 Å². The molecule has 0 radical (unpaired) electrons. The number of carbonyl (C=O) groups is 6. The lowest BCUT2D eigenvalue weighted by Gasteiger charge is -2.44. The minimum absolute atomic E-state index is 0.00581. The first-order valence-corrected chi connectivity index (χ1v) is 13.3. The van der Waals surface area contributed by atoms with Crippen LogP contribution in [-0.4, -0.2) is 87.0 Å². The number of para-hydroxylation sites is 1. The van der Waals surface area contributed by atoms with Gasteiger partial charge in [0.2, 0.25) is 23.6 Å². The number of benzene rings is 1. The number of likely N-dealkylation sites (tertiary alicyclic amines) is 2. The standard InChI is InChI=1S/C28H30N2O10/c31-11-12-40-19-4-2-1-3-15(19)22-14-5-6-16-23(27(38)29(25(16)36)9-7-20(32)33)17(14)13-18-24(22)28(39)30(26(18)37)10-8-21(34)35/h1-5,16-18,22-24,31H,6-13H2,(H,32,33)(H,34,35). The largest absolute Gasteiger partial charge is 0.491 e. The van der Waals surface area contributed by atoms with Crippen molar-refractivity contribution in [1.29, 1.82) is 0 Å². The van der Waals surface area contributed by atoms with Gasteiger partial charge in [0.1, 0.15) is 12.4 Å². The minimum Gasteiger partial charge on any atom is -0.491 e. The summed E-state index contributed by atoms with van der Waals surface area (Å²) in [6, 6.07) is 6.95. The zero-order valence-corrected chi connectivity index (χ0v) is 21.6. The number of nitrogens with zero attached hydrogens (tertiary/aromatic N) is 2. The van der Waals surface area contributed by atoms with Crippen LogP contribution in [-0.2, 0) is 28.8 Å². The lowest BCUT2D eigenvalue weighted by atomic mass is 9.57. The van der Waals surface area contributed by atoms with E-state index < -0.39 is 77.5 Å². The van der Waals surface area contributed by atoms with E-state index in [-0.39, 0.29) is 45.6 Å². The van der Waals surface area contributed by atoms with Gasteiger partial charge in [-0.3, -0.25) is 38.6 Å². The summed E-state index contributed by atoms with van der Waals surface area (Å²) in [4.78, 5) is 78.3. The molecular formula is C28H30N2O10. The Morgan fingerprint density at radius 2 is 1.43 bits per heavy atom. The summed E-state index contributed by atoms with van der Waals surface area (Å²) in [5, 5.41) is 27.6. The molecule has 2 heterocycles. The fourth-order valence-corrected chi connectivity index (χ4v) is 6.95. The molecular weight excluding hydrogens is 524 g/mol. The number of allylic oxidation sites excluding steroid dienone is 2. The fraction of sp³-hybridized carbons (Fsp3) is 0.500. The number of aliphatic hydroxyl groups is 1. The third-order valence-electron chi connectivity index (χ3n) is 8.53. The van der Waals surface area contributed by atoms with E-state index in [2.05, 4.69) is 0 Å². The maximum Gasteiger partial charge on any atom is 0.305 e. The van der Waals surface area contributed by atoms with Crippen LogP contribution in [0.5, 0.6) is 5.75 Å². The van der Waals surface area contributed by atoms with Gasteiger partial charge in [-0.2, -0.15) is 0 Å². The summed E-state index contributed by atoms with van der Waals surface area (Å²) in [7, 11) is 0. The molecule has 1 aromatic carbocycles. The molecule has 1 aromatic rings. The lowest BCUT2D eigenvalue weighted by Crippen LogP contribution is -2.43. The number of hydrogen-bond donors (Lipinski definition) is 3. The van der Waals surface area contributed by atoms with Gasteiger partial charge in [-0.15, -0.1) is 0 Å². The number of imide groups is 2. The molecule has 4 amide bonds. The zero-order valence-electron chi connectivity index (χ0n) is 21.6. The second-order valence-corrected chi connectivity index (χ2v) is 10.6. The Kier molecular flexibility index (Phi) is 7.45. The quantitative estimate of drug-likeness (QED) is 0.275. The van der Waals surface area contributed by atoms with Gasteiger partial charge in [-0.05, 0) is 24.8 Å². The van der Waals surface area contributed by atoms with Crippen molar-refractivity contribution in [3.63, 3.8) is 0 Å². The molecule has 6 atom stereocenters. The van der Waals surface area contributed by atoms with Crippen molar-refractivity contribution >= 4 is 35.6 Å². The van der Waals surface area contributed by atoms with Crippen molar-refractivity contribution in [2.24, 2.45) is 29.6 Å². The van der Waals surface area contributed by atoms with Gasteiger partial charge in [0, 0.05) is 24.6 Å². The highest BCUT2D eigenvalue weighted by Gasteiger charge is 2.62. The topological polar surface area (TPSA) is 179 Å². The van der Waals surface area contributed by atoms with E-state index >= 15 is 0 Å². The maximum atomic E-state index is 13.7. The predicted octanol–water partition coefficient (Wildman–Crippen LogP) is 0.643. The molecule has 0 bridgehead atoms. The van der Waals surface area contributed by atoms with Gasteiger partial charge in [-0.1, -0.05) is 29.8 Å². The molecule has 5 rings (SSSR count). The van der Waals surface area contributed by atoms with Gasteiger partial charge in [-0.25, -0.2) is 0 Å². The SMILES string of the molecule is O=C(O)CCN1C(=O)C2CC=C3C(CC4C(=O)N(CCC(=O)O)C(=O)C4C3c3ccccc3OCCO)C2C1=O. The van der Waals surface area contributed by atoms with Crippen LogP contribution >= 0.6 is 0 Å². The average molecular weight is 555 g/mol. The van der Waals surface area contributed by atoms with Crippen LogP contribution in [0.4, 0.5) is 0 Å². The number of rotatable bonds is 10. The molecule has 40 heavy (non-hydrogen) atoms. The third-order valence-corrected chi connectivity index (χ3v) is 8.53. The van der Waals surface area contributed by atoms with Crippen molar-refractivity contribution in [2.75, 3.05) is 26.3 Å². The molecule has 4 aliphatic rings. The number of aliphatic hydroxyl groups excluding tert-OH is 1. The third kappa shape index (κ3) is 4.55. The normalized spacial score (nSPS) is 29.2. The highest BCUT2D eigenvalue weighted by molar-refractivity contribution is 6.08. The molecule has 212 valence electrons. The number of aliphatic carboxylic acids is 2. The van der Waals surface area contributed by atoms with Crippen LogP contribution in [0.1, 0.15) is 37.2 Å². The van der Waals surface area contributed by atoms with E-state index in [1.165, 1.54) is 0 Å². The number of carboxylic acid groups (broad SMARTS) is 2. The Labute approximate surface area is 229 Å². The molecule has 2 aliphatic heterocycles. The number of amides is 4. The van der Waals surface area contributed by atoms with Gasteiger partial charge < -0.3 is 20.1 Å². The molecule has 2 saturated heterocycles. The second-order valence-electron chi connectivity index (χ2n) is 10.6. The van der Waals surface area contributed by atoms with Gasteiger partial charge >= 0.3 is 11.9 Å². The second kappa shape index (κ2) is 10.8. The Morgan fingerprint density at radius 3 is 2.05 bits per heavy atom. The summed E-state index contributed by atoms with van der Waals surface area (Å²) >= 11 is 0. The predicted molar refractivity (Wildman–Crippen MR) is 134 cm³/mol. The van der Waals surface area contributed by atoms with Gasteiger partial charge in [0.05, 0.1) is 43.1 Å². The summed E-state index contributed by atoms with van der Waals surface area (Å²) in [5.41, 5.74) is 1.34. The molecule has 1 saturated carbocycles. The van der Waals surface area contributed by atoms with E-state index in [0.717, 1.165) is 15.4 Å². The van der Waals surface area contributed by atoms with Crippen LogP contribution < -0.4 is 4.74 Å². The van der Waals surface area contributed by atoms with Crippen molar-refractivity contribution in [1.82, 2.24) is 9.80 Å². The molecule has 3 fully saturated rings. The van der Waals surface area contributed by atoms with E-state index in [1.54, 1.807) is 24.3 Å². The highest BCUT2D eigenvalue weighted by atomic mass is 16.5. The van der Waals surface area contributed by atoms with Crippen LogP contribution in [0.15, 0.2) is 35.9 Å². The average Bonchev–Trinajstić information content (AvgIpc) is 3.32. The summed E-state index contributed by atoms with van der Waals surface area (Å²) in [6.45, 7) is -0.765. The van der Waals surface area contributed by atoms with Gasteiger partial charge in [0.25, 0.3) is 0 Å². The van der Waals surface area contributed by atoms with Gasteiger partial charge in [0.15, 0.2) is 0 Å². The lowest BCUT2D eigenvalue weighted by molar-refractivity contribution is -0.145. The molecule has 12 heteroatoms. The number of ether oxygens (including phenoxy) is 1. The Hall–Kier alpha value is -4.06. The molecule has 6 unspecified atom stereocenters. The van der Waals surface area contributed by atoms with Crippen molar-refractivity contribution < 1.29 is 48.8 Å². The van der Waals surface area contributed by atoms with E-state index in [4.69, 9.17) is 9.84 Å². The smallest absolute Gasteiger partial charge is 0.305 e. The molecule has 2 aliphatic carbocycles. The molecule has 0 aromatic heterocycles. The van der Waals surface area contributed by atoms with Crippen LogP contribution in [0.3, 0.4) is 0 Å². The van der Waals surface area contributed by atoms with E-state index in [0.29, 0.717) is 11.3 Å². The van der Waals surface area contributed by atoms with E-state index in [1.807, 2.05) is 6.08 Å². The maximum absolute atomic E-state index is 13.7. The first-order chi connectivity index (χ1) is 19.1. The Balaban J connectivity index is 1.57. The van der Waals surface area contributed by atoms with Crippen LogP contribution in [0.25, 0.3) is 0 Å². The highest BCUT2D eigenvalue weighted by Crippen LogP contribution is 2.58. The Bertz CT molecular complexity index is 1310. The van der Waals surface area contributed by atoms with Crippen molar-refractivity contribution in [3.05, 3.63) is 41.5 Å². The van der Waals surface area contributed by atoms with E-state index in [9.17, 15) is 39.0 Å². The molecule has 3 N–H and O–H groups in total.